The first kappa shape index (κ1) is 13.6. The van der Waals surface area contributed by atoms with Crippen molar-refractivity contribution in [1.82, 2.24) is 0 Å². The van der Waals surface area contributed by atoms with Gasteiger partial charge in [-0.2, -0.15) is 0 Å². The van der Waals surface area contributed by atoms with E-state index in [0.717, 1.165) is 0 Å². The Balaban J connectivity index is 3.16. The van der Waals surface area contributed by atoms with E-state index >= 15 is 0 Å². The van der Waals surface area contributed by atoms with Crippen LogP contribution in [0.3, 0.4) is 0 Å². The molecule has 8 heteroatoms. The largest absolute Gasteiger partial charge is 0.481 e. The number of anilines is 1. The lowest BCUT2D eigenvalue weighted by atomic mass is 10.2. The highest BCUT2D eigenvalue weighted by atomic mass is 79.9. The van der Waals surface area contributed by atoms with E-state index in [0.29, 0.717) is 4.47 Å². The van der Waals surface area contributed by atoms with Crippen LogP contribution in [0, 0.1) is 10.1 Å². The molecule has 0 aliphatic rings. The number of nitrogens with zero attached hydrogens (tertiary/aromatic N) is 1. The average molecular weight is 311 g/mol. The molecule has 0 fully saturated rings. The molecule has 0 bridgehead atoms. The van der Waals surface area contributed by atoms with Crippen LogP contribution in [0.2, 0.25) is 0 Å². The van der Waals surface area contributed by atoms with E-state index in [9.17, 15) is 18.9 Å². The lowest BCUT2D eigenvalue weighted by Crippen LogP contribution is -2.09. The van der Waals surface area contributed by atoms with Crippen LogP contribution in [0.4, 0.5) is 20.2 Å². The molecule has 0 spiro atoms. The van der Waals surface area contributed by atoms with Gasteiger partial charge in [0.1, 0.15) is 12.3 Å². The first-order valence-corrected chi connectivity index (χ1v) is 5.31. The monoisotopic (exact) mass is 310 g/mol. The number of rotatable bonds is 5. The molecule has 5 nitrogen and oxygen atoms in total. The standard InChI is InChI=1S/C9H9BrF2N2O3/c1-13-6-2-5(10)3-7(9(6)14(15)16)17-4-8(11)12/h2-3,8,13H,4H2,1H3. The minimum atomic E-state index is -2.69. The molecule has 0 aromatic heterocycles. The van der Waals surface area contributed by atoms with Gasteiger partial charge in [-0.25, -0.2) is 8.78 Å². The van der Waals surface area contributed by atoms with Crippen molar-refractivity contribution in [3.05, 3.63) is 26.7 Å². The molecule has 94 valence electrons. The highest BCUT2D eigenvalue weighted by molar-refractivity contribution is 9.10. The topological polar surface area (TPSA) is 64.4 Å². The Labute approximate surface area is 104 Å². The van der Waals surface area contributed by atoms with Gasteiger partial charge in [0.05, 0.1) is 4.92 Å². The summed E-state index contributed by atoms with van der Waals surface area (Å²) in [6, 6.07) is 2.74. The normalized spacial score (nSPS) is 10.4. The van der Waals surface area contributed by atoms with E-state index in [4.69, 9.17) is 4.74 Å². The van der Waals surface area contributed by atoms with Crippen LogP contribution in [-0.4, -0.2) is 25.0 Å². The molecule has 0 saturated heterocycles. The minimum absolute atomic E-state index is 0.189. The van der Waals surface area contributed by atoms with E-state index in [1.165, 1.54) is 19.2 Å². The molecule has 1 aromatic carbocycles. The Morgan fingerprint density at radius 3 is 2.71 bits per heavy atom. The van der Waals surface area contributed by atoms with Gasteiger partial charge >= 0.3 is 5.69 Å². The van der Waals surface area contributed by atoms with Gasteiger partial charge in [-0.15, -0.1) is 0 Å². The molecule has 0 amide bonds. The maximum atomic E-state index is 12.0. The van der Waals surface area contributed by atoms with Crippen molar-refractivity contribution in [2.75, 3.05) is 19.0 Å². The first-order chi connectivity index (χ1) is 7.95. The third kappa shape index (κ3) is 3.52. The van der Waals surface area contributed by atoms with Crippen molar-refractivity contribution in [3.8, 4) is 5.75 Å². The zero-order valence-corrected chi connectivity index (χ0v) is 10.3. The predicted molar refractivity (Wildman–Crippen MR) is 61.8 cm³/mol. The van der Waals surface area contributed by atoms with Crippen LogP contribution in [0.5, 0.6) is 5.75 Å². The molecule has 0 atom stereocenters. The second-order valence-electron chi connectivity index (χ2n) is 3.01. The molecule has 0 heterocycles. The smallest absolute Gasteiger partial charge is 0.333 e. The number of hydrogen-bond acceptors (Lipinski definition) is 4. The third-order valence-electron chi connectivity index (χ3n) is 1.86. The molecule has 0 radical (unpaired) electrons. The second kappa shape index (κ2) is 5.76. The van der Waals surface area contributed by atoms with Gasteiger partial charge < -0.3 is 10.1 Å². The van der Waals surface area contributed by atoms with Crippen molar-refractivity contribution in [2.24, 2.45) is 0 Å². The predicted octanol–water partition coefficient (Wildman–Crippen LogP) is 3.04. The lowest BCUT2D eigenvalue weighted by Gasteiger charge is -2.10. The molecule has 17 heavy (non-hydrogen) atoms. The summed E-state index contributed by atoms with van der Waals surface area (Å²) in [6.07, 6.45) is -2.69. The number of alkyl halides is 2. The van der Waals surface area contributed by atoms with Crippen LogP contribution >= 0.6 is 15.9 Å². The molecule has 0 aliphatic heterocycles. The number of nitro benzene ring substituents is 1. The Hall–Kier alpha value is -1.44. The third-order valence-corrected chi connectivity index (χ3v) is 2.31. The summed E-state index contributed by atoms with van der Waals surface area (Å²) in [4.78, 5) is 10.2. The summed E-state index contributed by atoms with van der Waals surface area (Å²) in [5.41, 5.74) is -0.176. The van der Waals surface area contributed by atoms with Gasteiger partial charge in [-0.3, -0.25) is 10.1 Å². The number of halogens is 3. The van der Waals surface area contributed by atoms with Gasteiger partial charge in [-0.05, 0) is 6.07 Å². The maximum absolute atomic E-state index is 12.0. The summed E-state index contributed by atoms with van der Waals surface area (Å²) in [7, 11) is 1.49. The highest BCUT2D eigenvalue weighted by Gasteiger charge is 2.22. The minimum Gasteiger partial charge on any atom is -0.481 e. The van der Waals surface area contributed by atoms with Crippen molar-refractivity contribution in [3.63, 3.8) is 0 Å². The summed E-state index contributed by atoms with van der Waals surface area (Å²) < 4.78 is 29.2. The van der Waals surface area contributed by atoms with E-state index in [-0.39, 0.29) is 17.1 Å². The molecule has 0 unspecified atom stereocenters. The van der Waals surface area contributed by atoms with Crippen LogP contribution in [0.25, 0.3) is 0 Å². The van der Waals surface area contributed by atoms with E-state index < -0.39 is 18.0 Å². The second-order valence-corrected chi connectivity index (χ2v) is 3.92. The number of nitro groups is 1. The Kier molecular flexibility index (Phi) is 4.62. The fraction of sp³-hybridized carbons (Fsp3) is 0.333. The molecule has 0 aliphatic carbocycles. The van der Waals surface area contributed by atoms with Gasteiger partial charge in [-0.1, -0.05) is 15.9 Å². The summed E-state index contributed by atoms with van der Waals surface area (Å²) in [5.74, 6) is -0.200. The average Bonchev–Trinajstić information content (AvgIpc) is 2.24. The zero-order valence-electron chi connectivity index (χ0n) is 8.75. The number of benzene rings is 1. The zero-order chi connectivity index (χ0) is 13.0. The van der Waals surface area contributed by atoms with Crippen molar-refractivity contribution in [2.45, 2.75) is 6.43 Å². The van der Waals surface area contributed by atoms with E-state index in [1.807, 2.05) is 0 Å². The summed E-state index contributed by atoms with van der Waals surface area (Å²) in [5, 5.41) is 13.4. The lowest BCUT2D eigenvalue weighted by molar-refractivity contribution is -0.385. The van der Waals surface area contributed by atoms with Crippen molar-refractivity contribution in [1.29, 1.82) is 0 Å². The molecule has 1 N–H and O–H groups in total. The fourth-order valence-electron chi connectivity index (χ4n) is 1.22. The van der Waals surface area contributed by atoms with Gasteiger partial charge in [0, 0.05) is 17.6 Å². The van der Waals surface area contributed by atoms with Gasteiger partial charge in [0.25, 0.3) is 6.43 Å². The van der Waals surface area contributed by atoms with Crippen molar-refractivity contribution < 1.29 is 18.4 Å². The molecule has 1 aromatic rings. The summed E-state index contributed by atoms with van der Waals surface area (Å²) >= 11 is 3.11. The van der Waals surface area contributed by atoms with E-state index in [2.05, 4.69) is 21.2 Å². The summed E-state index contributed by atoms with van der Waals surface area (Å²) in [6.45, 7) is -0.888. The highest BCUT2D eigenvalue weighted by Crippen LogP contribution is 2.38. The number of hydrogen-bond donors (Lipinski definition) is 1. The number of ether oxygens (including phenoxy) is 1. The van der Waals surface area contributed by atoms with Gasteiger partial charge in [0.2, 0.25) is 5.75 Å². The quantitative estimate of drug-likeness (QED) is 0.670. The molecule has 1 rings (SSSR count). The van der Waals surface area contributed by atoms with Crippen LogP contribution in [-0.2, 0) is 0 Å². The Morgan fingerprint density at radius 1 is 1.59 bits per heavy atom. The van der Waals surface area contributed by atoms with Crippen LogP contribution in [0.15, 0.2) is 16.6 Å². The SMILES string of the molecule is CNc1cc(Br)cc(OCC(F)F)c1[N+](=O)[O-]. The van der Waals surface area contributed by atoms with E-state index in [1.54, 1.807) is 0 Å². The van der Waals surface area contributed by atoms with Crippen LogP contribution < -0.4 is 10.1 Å². The molecular formula is C9H9BrF2N2O3. The first-order valence-electron chi connectivity index (χ1n) is 4.52. The molecule has 0 saturated carbocycles. The van der Waals surface area contributed by atoms with Gasteiger partial charge in [0.15, 0.2) is 0 Å². The maximum Gasteiger partial charge on any atom is 0.333 e. The number of nitrogens with one attached hydrogen (secondary N) is 1. The fourth-order valence-corrected chi connectivity index (χ4v) is 1.65. The Morgan fingerprint density at radius 2 is 2.24 bits per heavy atom. The van der Waals surface area contributed by atoms with Crippen LogP contribution in [0.1, 0.15) is 0 Å². The Bertz CT molecular complexity index is 429. The van der Waals surface area contributed by atoms with Crippen molar-refractivity contribution >= 4 is 27.3 Å². The molecular weight excluding hydrogens is 302 g/mol.